The predicted molar refractivity (Wildman–Crippen MR) is 56.5 cm³/mol. The number of unbranched alkanes of at least 4 members (excludes halogenated alkanes) is 2. The Kier molecular flexibility index (Phi) is 3.62. The van der Waals surface area contributed by atoms with Crippen LogP contribution in [0.3, 0.4) is 0 Å². The van der Waals surface area contributed by atoms with Gasteiger partial charge in [-0.15, -0.1) is 0 Å². The molecule has 1 aliphatic heterocycles. The molecule has 2 rings (SSSR count). The van der Waals surface area contributed by atoms with Crippen LogP contribution in [0.25, 0.3) is 0 Å². The molecular formula is C12H20O3. The van der Waals surface area contributed by atoms with Crippen LogP contribution in [0.4, 0.5) is 0 Å². The summed E-state index contributed by atoms with van der Waals surface area (Å²) in [5.41, 5.74) is 0. The third kappa shape index (κ3) is 2.94. The summed E-state index contributed by atoms with van der Waals surface area (Å²) in [5, 5.41) is 0. The van der Waals surface area contributed by atoms with Gasteiger partial charge in [0.1, 0.15) is 0 Å². The van der Waals surface area contributed by atoms with Gasteiger partial charge in [-0.25, -0.2) is 0 Å². The van der Waals surface area contributed by atoms with Crippen LogP contribution in [0.2, 0.25) is 0 Å². The van der Waals surface area contributed by atoms with Crippen molar-refractivity contribution in [1.82, 2.24) is 0 Å². The van der Waals surface area contributed by atoms with Crippen molar-refractivity contribution in [2.24, 2.45) is 5.92 Å². The summed E-state index contributed by atoms with van der Waals surface area (Å²) >= 11 is 0. The summed E-state index contributed by atoms with van der Waals surface area (Å²) in [6.45, 7) is 2.74. The lowest BCUT2D eigenvalue weighted by Crippen LogP contribution is -2.24. The number of fused-ring (bicyclic) bond motifs is 1. The highest BCUT2D eigenvalue weighted by molar-refractivity contribution is 5.72. The molecule has 15 heavy (non-hydrogen) atoms. The van der Waals surface area contributed by atoms with E-state index >= 15 is 0 Å². The Bertz CT molecular complexity index is 227. The molecule has 0 aromatic carbocycles. The molecule has 2 fully saturated rings. The van der Waals surface area contributed by atoms with E-state index in [1.807, 2.05) is 0 Å². The zero-order chi connectivity index (χ0) is 10.7. The van der Waals surface area contributed by atoms with E-state index in [9.17, 15) is 4.79 Å². The third-order valence-corrected chi connectivity index (χ3v) is 3.33. The van der Waals surface area contributed by atoms with E-state index in [0.717, 1.165) is 32.1 Å². The Balaban J connectivity index is 1.62. The standard InChI is InChI=1S/C12H20O3/c1-2-3-4-7-14-12(13)9-5-6-10-11(8-9)15-10/h9-11H,2-8H2,1H3. The van der Waals surface area contributed by atoms with E-state index in [0.29, 0.717) is 18.8 Å². The van der Waals surface area contributed by atoms with Gasteiger partial charge in [0, 0.05) is 0 Å². The lowest BCUT2D eigenvalue weighted by atomic mass is 9.89. The van der Waals surface area contributed by atoms with Crippen molar-refractivity contribution in [3.8, 4) is 0 Å². The van der Waals surface area contributed by atoms with Gasteiger partial charge in [-0.2, -0.15) is 0 Å². The molecule has 0 spiro atoms. The second-order valence-electron chi connectivity index (χ2n) is 4.60. The lowest BCUT2D eigenvalue weighted by Gasteiger charge is -2.17. The van der Waals surface area contributed by atoms with Gasteiger partial charge < -0.3 is 9.47 Å². The second-order valence-corrected chi connectivity index (χ2v) is 4.60. The van der Waals surface area contributed by atoms with E-state index in [1.54, 1.807) is 0 Å². The van der Waals surface area contributed by atoms with Crippen molar-refractivity contribution in [3.05, 3.63) is 0 Å². The van der Waals surface area contributed by atoms with Gasteiger partial charge in [-0.1, -0.05) is 19.8 Å². The van der Waals surface area contributed by atoms with Crippen molar-refractivity contribution in [1.29, 1.82) is 0 Å². The van der Waals surface area contributed by atoms with E-state index in [1.165, 1.54) is 6.42 Å². The van der Waals surface area contributed by atoms with Gasteiger partial charge in [0.2, 0.25) is 0 Å². The minimum atomic E-state index is 0.0000491. The van der Waals surface area contributed by atoms with E-state index in [4.69, 9.17) is 9.47 Å². The summed E-state index contributed by atoms with van der Waals surface area (Å²) in [6, 6.07) is 0. The smallest absolute Gasteiger partial charge is 0.309 e. The number of carbonyl (C=O) groups is 1. The van der Waals surface area contributed by atoms with Crippen LogP contribution in [-0.2, 0) is 14.3 Å². The van der Waals surface area contributed by atoms with Gasteiger partial charge in [0.25, 0.3) is 0 Å². The van der Waals surface area contributed by atoms with Crippen molar-refractivity contribution < 1.29 is 14.3 Å². The van der Waals surface area contributed by atoms with Crippen molar-refractivity contribution in [3.63, 3.8) is 0 Å². The maximum atomic E-state index is 11.6. The highest BCUT2D eigenvalue weighted by Gasteiger charge is 2.46. The van der Waals surface area contributed by atoms with Gasteiger partial charge in [0.05, 0.1) is 24.7 Å². The molecule has 3 heteroatoms. The van der Waals surface area contributed by atoms with Crippen LogP contribution >= 0.6 is 0 Å². The van der Waals surface area contributed by atoms with Crippen molar-refractivity contribution in [2.45, 2.75) is 57.7 Å². The lowest BCUT2D eigenvalue weighted by molar-refractivity contribution is -0.149. The van der Waals surface area contributed by atoms with E-state index in [-0.39, 0.29) is 11.9 Å². The maximum absolute atomic E-state index is 11.6. The Hall–Kier alpha value is -0.570. The zero-order valence-corrected chi connectivity index (χ0v) is 9.41. The molecule has 0 aromatic heterocycles. The number of hydrogen-bond acceptors (Lipinski definition) is 3. The average Bonchev–Trinajstić information content (AvgIpc) is 3.01. The molecular weight excluding hydrogens is 192 g/mol. The molecule has 1 saturated carbocycles. The second kappa shape index (κ2) is 4.97. The van der Waals surface area contributed by atoms with Crippen LogP contribution in [0.5, 0.6) is 0 Å². The summed E-state index contributed by atoms with van der Waals surface area (Å²) < 4.78 is 10.6. The monoisotopic (exact) mass is 212 g/mol. The first-order valence-electron chi connectivity index (χ1n) is 6.13. The van der Waals surface area contributed by atoms with Crippen LogP contribution < -0.4 is 0 Å². The number of esters is 1. The molecule has 0 bridgehead atoms. The largest absolute Gasteiger partial charge is 0.465 e. The summed E-state index contributed by atoms with van der Waals surface area (Å²) in [5.74, 6) is 0.107. The predicted octanol–water partition coefficient (Wildman–Crippen LogP) is 2.29. The van der Waals surface area contributed by atoms with E-state index in [2.05, 4.69) is 6.92 Å². The Morgan fingerprint density at radius 1 is 1.33 bits per heavy atom. The van der Waals surface area contributed by atoms with Crippen molar-refractivity contribution >= 4 is 5.97 Å². The molecule has 0 N–H and O–H groups in total. The van der Waals surface area contributed by atoms with Gasteiger partial charge >= 0.3 is 5.97 Å². The van der Waals surface area contributed by atoms with E-state index < -0.39 is 0 Å². The fourth-order valence-electron chi connectivity index (χ4n) is 2.26. The van der Waals surface area contributed by atoms with Crippen molar-refractivity contribution in [2.75, 3.05) is 6.61 Å². The Morgan fingerprint density at radius 2 is 2.20 bits per heavy atom. The molecule has 1 heterocycles. The van der Waals surface area contributed by atoms with Crippen LogP contribution in [0, 0.1) is 5.92 Å². The van der Waals surface area contributed by atoms with Gasteiger partial charge in [-0.3, -0.25) is 4.79 Å². The normalized spacial score (nSPS) is 33.3. The molecule has 1 saturated heterocycles. The Morgan fingerprint density at radius 3 is 2.93 bits per heavy atom. The first kappa shape index (κ1) is 10.9. The van der Waals surface area contributed by atoms with Crippen LogP contribution in [-0.4, -0.2) is 24.8 Å². The first-order valence-corrected chi connectivity index (χ1v) is 6.13. The maximum Gasteiger partial charge on any atom is 0.309 e. The molecule has 2 aliphatic rings. The number of epoxide rings is 1. The molecule has 1 aliphatic carbocycles. The highest BCUT2D eigenvalue weighted by Crippen LogP contribution is 2.39. The molecule has 3 nitrogen and oxygen atoms in total. The number of hydrogen-bond donors (Lipinski definition) is 0. The summed E-state index contributed by atoms with van der Waals surface area (Å²) in [6.07, 6.45) is 7.02. The minimum Gasteiger partial charge on any atom is -0.465 e. The number of rotatable bonds is 5. The number of ether oxygens (including phenoxy) is 2. The van der Waals surface area contributed by atoms with Crippen LogP contribution in [0.1, 0.15) is 45.4 Å². The van der Waals surface area contributed by atoms with Gasteiger partial charge in [0.15, 0.2) is 0 Å². The summed E-state index contributed by atoms with van der Waals surface area (Å²) in [4.78, 5) is 11.6. The van der Waals surface area contributed by atoms with Crippen LogP contribution in [0.15, 0.2) is 0 Å². The minimum absolute atomic E-state index is 0.0000491. The zero-order valence-electron chi connectivity index (χ0n) is 9.41. The van der Waals surface area contributed by atoms with Gasteiger partial charge in [-0.05, 0) is 25.7 Å². The molecule has 0 aromatic rings. The fraction of sp³-hybridized carbons (Fsp3) is 0.917. The average molecular weight is 212 g/mol. The highest BCUT2D eigenvalue weighted by atomic mass is 16.6. The SMILES string of the molecule is CCCCCOC(=O)C1CCC2OC2C1. The quantitative estimate of drug-likeness (QED) is 0.399. The number of carbonyl (C=O) groups excluding carboxylic acids is 1. The third-order valence-electron chi connectivity index (χ3n) is 3.33. The molecule has 3 unspecified atom stereocenters. The fourth-order valence-corrected chi connectivity index (χ4v) is 2.26. The molecule has 0 radical (unpaired) electrons. The summed E-state index contributed by atoms with van der Waals surface area (Å²) in [7, 11) is 0. The Labute approximate surface area is 91.1 Å². The molecule has 86 valence electrons. The topological polar surface area (TPSA) is 38.8 Å². The first-order chi connectivity index (χ1) is 7.31. The molecule has 0 amide bonds. The molecule has 3 atom stereocenters.